The molecule has 25 heavy (non-hydrogen) atoms. The van der Waals surface area contributed by atoms with Crippen LogP contribution < -0.4 is 9.46 Å². The summed E-state index contributed by atoms with van der Waals surface area (Å²) in [7, 11) is -4.04. The minimum Gasteiger partial charge on any atom is -0.473 e. The van der Waals surface area contributed by atoms with Crippen LogP contribution >= 0.6 is 0 Å². The summed E-state index contributed by atoms with van der Waals surface area (Å²) in [5.41, 5.74) is 0. The highest BCUT2D eigenvalue weighted by Crippen LogP contribution is 2.24. The molecule has 1 aromatic heterocycles. The summed E-state index contributed by atoms with van der Waals surface area (Å²) >= 11 is 0. The SMILES string of the molecule is O=S(=O)(NC1CCC(Oc2cnccn2)CC1)c1ccc(F)cc1F. The Hall–Kier alpha value is -2.13. The topological polar surface area (TPSA) is 81.2 Å². The Morgan fingerprint density at radius 2 is 1.88 bits per heavy atom. The maximum Gasteiger partial charge on any atom is 0.243 e. The van der Waals surface area contributed by atoms with Crippen LogP contribution in [-0.4, -0.2) is 30.5 Å². The molecule has 134 valence electrons. The van der Waals surface area contributed by atoms with E-state index in [1.807, 2.05) is 0 Å². The zero-order chi connectivity index (χ0) is 17.9. The quantitative estimate of drug-likeness (QED) is 0.875. The Kier molecular flexibility index (Phi) is 5.24. The van der Waals surface area contributed by atoms with E-state index in [2.05, 4.69) is 14.7 Å². The summed E-state index contributed by atoms with van der Waals surface area (Å²) in [6.45, 7) is 0. The maximum atomic E-state index is 13.7. The molecule has 3 rings (SSSR count). The van der Waals surface area contributed by atoms with Gasteiger partial charge in [-0.3, -0.25) is 4.98 Å². The van der Waals surface area contributed by atoms with Crippen LogP contribution in [0.5, 0.6) is 5.88 Å². The van der Waals surface area contributed by atoms with Gasteiger partial charge in [0.15, 0.2) is 0 Å². The summed E-state index contributed by atoms with van der Waals surface area (Å²) in [6.07, 6.45) is 6.90. The number of hydrogen-bond acceptors (Lipinski definition) is 5. The summed E-state index contributed by atoms with van der Waals surface area (Å²) in [5.74, 6) is -1.50. The van der Waals surface area contributed by atoms with Gasteiger partial charge in [0.2, 0.25) is 15.9 Å². The molecule has 0 bridgehead atoms. The van der Waals surface area contributed by atoms with Gasteiger partial charge >= 0.3 is 0 Å². The van der Waals surface area contributed by atoms with Gasteiger partial charge in [0.05, 0.1) is 6.20 Å². The molecule has 1 aliphatic carbocycles. The van der Waals surface area contributed by atoms with Gasteiger partial charge in [0.1, 0.15) is 22.6 Å². The van der Waals surface area contributed by atoms with Crippen molar-refractivity contribution < 1.29 is 21.9 Å². The van der Waals surface area contributed by atoms with Crippen LogP contribution in [0.4, 0.5) is 8.78 Å². The van der Waals surface area contributed by atoms with E-state index < -0.39 is 26.6 Å². The molecule has 1 aromatic carbocycles. The molecule has 0 spiro atoms. The molecule has 6 nitrogen and oxygen atoms in total. The molecule has 1 heterocycles. The van der Waals surface area contributed by atoms with Crippen molar-refractivity contribution in [2.24, 2.45) is 0 Å². The van der Waals surface area contributed by atoms with E-state index in [9.17, 15) is 17.2 Å². The lowest BCUT2D eigenvalue weighted by molar-refractivity contribution is 0.138. The first-order valence-corrected chi connectivity index (χ1v) is 9.32. The summed E-state index contributed by atoms with van der Waals surface area (Å²) in [6, 6.07) is 2.08. The molecule has 9 heteroatoms. The molecule has 1 fully saturated rings. The average molecular weight is 369 g/mol. The van der Waals surface area contributed by atoms with Crippen LogP contribution in [0.25, 0.3) is 0 Å². The van der Waals surface area contributed by atoms with Gasteiger partial charge in [-0.15, -0.1) is 0 Å². The third-order valence-electron chi connectivity index (χ3n) is 4.01. The van der Waals surface area contributed by atoms with Crippen LogP contribution in [0.3, 0.4) is 0 Å². The van der Waals surface area contributed by atoms with Crippen LogP contribution in [0.1, 0.15) is 25.7 Å². The molecule has 0 atom stereocenters. The first kappa shape index (κ1) is 17.7. The molecule has 1 aliphatic rings. The molecule has 0 saturated heterocycles. The fourth-order valence-corrected chi connectivity index (χ4v) is 4.16. The highest BCUT2D eigenvalue weighted by Gasteiger charge is 2.28. The Balaban J connectivity index is 1.58. The number of nitrogens with one attached hydrogen (secondary N) is 1. The van der Waals surface area contributed by atoms with Gasteiger partial charge < -0.3 is 4.74 Å². The second-order valence-corrected chi connectivity index (χ2v) is 7.51. The fourth-order valence-electron chi connectivity index (χ4n) is 2.79. The van der Waals surface area contributed by atoms with Gasteiger partial charge in [-0.25, -0.2) is 26.9 Å². The Morgan fingerprint density at radius 3 is 2.52 bits per heavy atom. The lowest BCUT2D eigenvalue weighted by Gasteiger charge is -2.28. The molecule has 0 aliphatic heterocycles. The molecule has 1 N–H and O–H groups in total. The number of halogens is 2. The van der Waals surface area contributed by atoms with Crippen molar-refractivity contribution in [1.82, 2.24) is 14.7 Å². The largest absolute Gasteiger partial charge is 0.473 e. The monoisotopic (exact) mass is 369 g/mol. The van der Waals surface area contributed by atoms with Crippen LogP contribution in [-0.2, 0) is 10.0 Å². The van der Waals surface area contributed by atoms with E-state index in [-0.39, 0.29) is 12.1 Å². The lowest BCUT2D eigenvalue weighted by atomic mass is 9.94. The standard InChI is InChI=1S/C16H17F2N3O3S/c17-11-1-6-15(14(18)9-11)25(22,23)21-12-2-4-13(5-3-12)24-16-10-19-7-8-20-16/h1,6-10,12-13,21H,2-5H2. The minimum absolute atomic E-state index is 0.0694. The van der Waals surface area contributed by atoms with Gasteiger partial charge in [-0.2, -0.15) is 0 Å². The van der Waals surface area contributed by atoms with Crippen LogP contribution in [0, 0.1) is 11.6 Å². The smallest absolute Gasteiger partial charge is 0.243 e. The van der Waals surface area contributed by atoms with Crippen molar-refractivity contribution in [2.45, 2.75) is 42.7 Å². The predicted molar refractivity (Wildman–Crippen MR) is 85.4 cm³/mol. The van der Waals surface area contributed by atoms with Crippen molar-refractivity contribution >= 4 is 10.0 Å². The number of nitrogens with zero attached hydrogens (tertiary/aromatic N) is 2. The number of ether oxygens (including phenoxy) is 1. The second kappa shape index (κ2) is 7.40. The molecule has 0 unspecified atom stereocenters. The van der Waals surface area contributed by atoms with E-state index >= 15 is 0 Å². The van der Waals surface area contributed by atoms with Gasteiger partial charge in [0.25, 0.3) is 0 Å². The number of aromatic nitrogens is 2. The lowest BCUT2D eigenvalue weighted by Crippen LogP contribution is -2.40. The molecule has 1 saturated carbocycles. The summed E-state index contributed by atoms with van der Waals surface area (Å²) < 4.78 is 59.4. The third-order valence-corrected chi connectivity index (χ3v) is 5.56. The Labute approximate surface area is 144 Å². The molecular weight excluding hydrogens is 352 g/mol. The van der Waals surface area contributed by atoms with E-state index in [4.69, 9.17) is 4.74 Å². The van der Waals surface area contributed by atoms with Crippen LogP contribution in [0.15, 0.2) is 41.7 Å². The number of hydrogen-bond donors (Lipinski definition) is 1. The highest BCUT2D eigenvalue weighted by molar-refractivity contribution is 7.89. The second-order valence-electron chi connectivity index (χ2n) is 5.83. The van der Waals surface area contributed by atoms with E-state index in [1.165, 1.54) is 12.4 Å². The Morgan fingerprint density at radius 1 is 1.12 bits per heavy atom. The summed E-state index contributed by atoms with van der Waals surface area (Å²) in [4.78, 5) is 7.41. The maximum absolute atomic E-state index is 13.7. The molecule has 0 radical (unpaired) electrons. The van der Waals surface area contributed by atoms with Crippen molar-refractivity contribution in [3.8, 4) is 5.88 Å². The van der Waals surface area contributed by atoms with E-state index in [0.29, 0.717) is 37.6 Å². The minimum atomic E-state index is -4.04. The highest BCUT2D eigenvalue weighted by atomic mass is 32.2. The molecule has 2 aromatic rings. The predicted octanol–water partition coefficient (Wildman–Crippen LogP) is 2.42. The van der Waals surface area contributed by atoms with Gasteiger partial charge in [-0.1, -0.05) is 0 Å². The van der Waals surface area contributed by atoms with E-state index in [1.54, 1.807) is 6.20 Å². The van der Waals surface area contributed by atoms with E-state index in [0.717, 1.165) is 12.1 Å². The van der Waals surface area contributed by atoms with Crippen molar-refractivity contribution in [3.63, 3.8) is 0 Å². The van der Waals surface area contributed by atoms with Crippen molar-refractivity contribution in [1.29, 1.82) is 0 Å². The van der Waals surface area contributed by atoms with Crippen molar-refractivity contribution in [3.05, 3.63) is 48.4 Å². The zero-order valence-corrected chi connectivity index (χ0v) is 14.0. The number of benzene rings is 1. The third kappa shape index (κ3) is 4.49. The summed E-state index contributed by atoms with van der Waals surface area (Å²) in [5, 5.41) is 0. The zero-order valence-electron chi connectivity index (χ0n) is 13.2. The number of rotatable bonds is 5. The van der Waals surface area contributed by atoms with Crippen molar-refractivity contribution in [2.75, 3.05) is 0 Å². The fraction of sp³-hybridized carbons (Fsp3) is 0.375. The normalized spacial score (nSPS) is 21.0. The molecule has 0 amide bonds. The first-order valence-electron chi connectivity index (χ1n) is 7.84. The Bertz CT molecular complexity index is 826. The van der Waals surface area contributed by atoms with Gasteiger partial charge in [0, 0.05) is 24.5 Å². The average Bonchev–Trinajstić information content (AvgIpc) is 2.57. The van der Waals surface area contributed by atoms with Gasteiger partial charge in [-0.05, 0) is 37.8 Å². The molecular formula is C16H17F2N3O3S. The first-order chi connectivity index (χ1) is 11.9. The number of sulfonamides is 1. The van der Waals surface area contributed by atoms with Crippen LogP contribution in [0.2, 0.25) is 0 Å².